The highest BCUT2D eigenvalue weighted by Gasteiger charge is 2.36. The minimum atomic E-state index is -0.676. The Labute approximate surface area is 393 Å². The van der Waals surface area contributed by atoms with Crippen LogP contribution in [0.4, 0.5) is 11.4 Å². The number of benzene rings is 6. The van der Waals surface area contributed by atoms with E-state index in [1.54, 1.807) is 0 Å². The predicted octanol–water partition coefficient (Wildman–Crippen LogP) is 11.8. The fraction of sp³-hybridized carbons (Fsp3) is 0.175. The smallest absolute Gasteiger partial charge is 0.258 e. The van der Waals surface area contributed by atoms with Crippen LogP contribution < -0.4 is 9.80 Å². The molecule has 8 aromatic rings. The number of halogens is 2. The number of aromatic nitrogens is 2. The third-order valence-electron chi connectivity index (χ3n) is 14.4. The van der Waals surface area contributed by atoms with Gasteiger partial charge in [0.25, 0.3) is 11.8 Å². The number of ketones is 1. The Bertz CT molecular complexity index is 3090. The normalized spacial score (nSPS) is 14.9. The number of nitrogens with zero attached hydrogens (tertiary/aromatic N) is 4. The molecular formula is C57H44Cl2N4O3. The molecule has 2 atom stereocenters. The third-order valence-corrected chi connectivity index (χ3v) is 15.0. The monoisotopic (exact) mass is 902 g/mol. The van der Waals surface area contributed by atoms with Crippen LogP contribution >= 0.6 is 23.2 Å². The summed E-state index contributed by atoms with van der Waals surface area (Å²) < 4.78 is 4.33. The average molecular weight is 904 g/mol. The van der Waals surface area contributed by atoms with E-state index < -0.39 is 11.8 Å². The van der Waals surface area contributed by atoms with Crippen molar-refractivity contribution < 1.29 is 14.4 Å². The Hall–Kier alpha value is -6.93. The van der Waals surface area contributed by atoms with E-state index in [1.165, 1.54) is 33.4 Å². The summed E-state index contributed by atoms with van der Waals surface area (Å²) in [5.41, 5.74) is 18.0. The van der Waals surface area contributed by atoms with Crippen molar-refractivity contribution in [1.29, 1.82) is 0 Å². The van der Waals surface area contributed by atoms with Gasteiger partial charge in [-0.3, -0.25) is 14.4 Å². The molecule has 0 saturated heterocycles. The first kappa shape index (κ1) is 40.6. The molecule has 0 saturated carbocycles. The van der Waals surface area contributed by atoms with Gasteiger partial charge >= 0.3 is 0 Å². The quantitative estimate of drug-likeness (QED) is 0.143. The molecule has 0 radical (unpaired) electrons. The van der Waals surface area contributed by atoms with Crippen LogP contribution in [0.2, 0.25) is 0 Å². The zero-order chi connectivity index (χ0) is 44.6. The van der Waals surface area contributed by atoms with Crippen molar-refractivity contribution in [3.05, 3.63) is 225 Å². The summed E-state index contributed by atoms with van der Waals surface area (Å²) in [4.78, 5) is 48.0. The van der Waals surface area contributed by atoms with E-state index in [4.69, 9.17) is 23.2 Å². The summed E-state index contributed by atoms with van der Waals surface area (Å²) in [7, 11) is 0. The molecular weight excluding hydrogens is 860 g/mol. The maximum atomic E-state index is 15.1. The minimum absolute atomic E-state index is 0.0576. The van der Waals surface area contributed by atoms with E-state index in [9.17, 15) is 9.59 Å². The van der Waals surface area contributed by atoms with Crippen molar-refractivity contribution in [2.24, 2.45) is 0 Å². The van der Waals surface area contributed by atoms with Gasteiger partial charge in [0, 0.05) is 70.1 Å². The lowest BCUT2D eigenvalue weighted by molar-refractivity contribution is -0.121. The first-order valence-corrected chi connectivity index (χ1v) is 23.7. The Balaban J connectivity index is 0.836. The first-order valence-electron chi connectivity index (χ1n) is 22.6. The number of anilines is 2. The second-order valence-electron chi connectivity index (χ2n) is 17.9. The van der Waals surface area contributed by atoms with E-state index in [2.05, 4.69) is 81.9 Å². The zero-order valence-electron chi connectivity index (χ0n) is 36.1. The zero-order valence-corrected chi connectivity index (χ0v) is 37.6. The van der Waals surface area contributed by atoms with Crippen molar-refractivity contribution in [2.75, 3.05) is 21.6 Å². The van der Waals surface area contributed by atoms with Gasteiger partial charge in [0.15, 0.2) is 5.78 Å². The van der Waals surface area contributed by atoms with Gasteiger partial charge in [-0.15, -0.1) is 23.2 Å². The Morgan fingerprint density at radius 3 is 1.26 bits per heavy atom. The van der Waals surface area contributed by atoms with Gasteiger partial charge in [0.1, 0.15) is 0 Å². The Kier molecular flexibility index (Phi) is 9.95. The molecule has 7 nitrogen and oxygen atoms in total. The second kappa shape index (κ2) is 16.2. The summed E-state index contributed by atoms with van der Waals surface area (Å²) in [5.74, 6) is -1.45. The number of alkyl halides is 2. The van der Waals surface area contributed by atoms with E-state index in [1.807, 2.05) is 94.7 Å². The summed E-state index contributed by atoms with van der Waals surface area (Å²) in [6, 6.07) is 53.1. The lowest BCUT2D eigenvalue weighted by Crippen LogP contribution is -2.31. The molecule has 2 aliphatic heterocycles. The molecule has 2 unspecified atom stereocenters. The van der Waals surface area contributed by atoms with E-state index >= 15 is 4.79 Å². The number of fused-ring (bicyclic) bond motifs is 10. The standard InChI is InChI=1S/C57H44Cl2N4O3/c58-29-49(53-23-19-43-33-62(51-15-7-3-11-39(51)31-60(43)53)56(65)37-17-21-47-41(27-37)25-35-9-1-5-13-45(35)47)55(64)50(30-59)54-24-20-44-34-63(52-16-8-4-12-40(52)32-61(44)54)57(66)38-18-22-48-42(28-38)26-36-10-2-6-14-46(36)48/h1-24,27-28,49-50H,25-26,29-34H2. The summed E-state index contributed by atoms with van der Waals surface area (Å²) >= 11 is 13.7. The van der Waals surface area contributed by atoms with E-state index in [-0.39, 0.29) is 29.4 Å². The highest BCUT2D eigenvalue weighted by molar-refractivity contribution is 6.22. The molecule has 2 aliphatic carbocycles. The Morgan fingerprint density at radius 2 is 0.818 bits per heavy atom. The largest absolute Gasteiger partial charge is 0.342 e. The lowest BCUT2D eigenvalue weighted by atomic mass is 9.90. The fourth-order valence-electron chi connectivity index (χ4n) is 11.1. The van der Waals surface area contributed by atoms with Crippen LogP contribution in [-0.4, -0.2) is 38.5 Å². The van der Waals surface area contributed by atoms with Crippen LogP contribution in [-0.2, 0) is 43.8 Å². The van der Waals surface area contributed by atoms with Crippen LogP contribution in [0.25, 0.3) is 22.3 Å². The number of hydrogen-bond donors (Lipinski definition) is 0. The van der Waals surface area contributed by atoms with Gasteiger partial charge in [0.2, 0.25) is 0 Å². The maximum Gasteiger partial charge on any atom is 0.258 e. The average Bonchev–Trinajstić information content (AvgIpc) is 4.08. The van der Waals surface area contributed by atoms with Crippen molar-refractivity contribution >= 4 is 52.2 Å². The van der Waals surface area contributed by atoms with Gasteiger partial charge in [-0.2, -0.15) is 0 Å². The molecule has 4 heterocycles. The number of carbonyl (C=O) groups excluding carboxylic acids is 3. The number of rotatable bonds is 8. The van der Waals surface area contributed by atoms with Crippen LogP contribution in [0, 0.1) is 0 Å². The van der Waals surface area contributed by atoms with Crippen molar-refractivity contribution in [1.82, 2.24) is 9.13 Å². The maximum absolute atomic E-state index is 15.1. The Morgan fingerprint density at radius 1 is 0.424 bits per heavy atom. The summed E-state index contributed by atoms with van der Waals surface area (Å²) in [6.07, 6.45) is 1.60. The molecule has 0 fully saturated rings. The van der Waals surface area contributed by atoms with E-state index in [0.717, 1.165) is 69.2 Å². The van der Waals surface area contributed by atoms with Crippen LogP contribution in [0.1, 0.15) is 88.7 Å². The van der Waals surface area contributed by atoms with Gasteiger partial charge in [-0.1, -0.05) is 97.1 Å². The lowest BCUT2D eigenvalue weighted by Gasteiger charge is -2.24. The highest BCUT2D eigenvalue weighted by Crippen LogP contribution is 2.41. The molecule has 12 rings (SSSR count). The van der Waals surface area contributed by atoms with Crippen LogP contribution in [0.3, 0.4) is 0 Å². The van der Waals surface area contributed by atoms with Crippen LogP contribution in [0.5, 0.6) is 0 Å². The number of carbonyl (C=O) groups is 3. The number of amides is 2. The van der Waals surface area contributed by atoms with Gasteiger partial charge in [-0.25, -0.2) is 0 Å². The molecule has 4 aliphatic rings. The van der Waals surface area contributed by atoms with E-state index in [0.29, 0.717) is 37.3 Å². The summed E-state index contributed by atoms with van der Waals surface area (Å²) in [5, 5.41) is 0. The molecule has 2 amide bonds. The molecule has 9 heteroatoms. The predicted molar refractivity (Wildman–Crippen MR) is 262 cm³/mol. The molecule has 2 aromatic heterocycles. The first-order chi connectivity index (χ1) is 32.4. The molecule has 0 N–H and O–H groups in total. The topological polar surface area (TPSA) is 67.6 Å². The third kappa shape index (κ3) is 6.58. The fourth-order valence-corrected chi connectivity index (χ4v) is 11.7. The highest BCUT2D eigenvalue weighted by atomic mass is 35.5. The number of para-hydroxylation sites is 2. The molecule has 0 bridgehead atoms. The SMILES string of the molecule is O=C(C(CCl)c1ccc2n1Cc1ccccc1N(C(=O)c1ccc3c(c1)Cc1ccccc1-3)C2)C(CCl)c1ccc2n1Cc1ccccc1N(C(=O)c1ccc3c(c1)Cc1ccccc1-3)C2. The van der Waals surface area contributed by atoms with Crippen molar-refractivity contribution in [3.63, 3.8) is 0 Å². The molecule has 324 valence electrons. The molecule has 66 heavy (non-hydrogen) atoms. The van der Waals surface area contributed by atoms with Gasteiger partial charge < -0.3 is 18.9 Å². The van der Waals surface area contributed by atoms with Gasteiger partial charge in [0.05, 0.1) is 24.9 Å². The van der Waals surface area contributed by atoms with Crippen LogP contribution in [0.15, 0.2) is 158 Å². The minimum Gasteiger partial charge on any atom is -0.342 e. The van der Waals surface area contributed by atoms with Crippen molar-refractivity contribution in [2.45, 2.75) is 50.9 Å². The summed E-state index contributed by atoms with van der Waals surface area (Å²) in [6.45, 7) is 1.60. The number of hydrogen-bond acceptors (Lipinski definition) is 3. The van der Waals surface area contributed by atoms with Crippen molar-refractivity contribution in [3.8, 4) is 22.3 Å². The number of Topliss-reactive ketones (excluding diaryl/α,β-unsaturated/α-hetero) is 1. The second-order valence-corrected chi connectivity index (χ2v) is 18.6. The molecule has 6 aromatic carbocycles. The van der Waals surface area contributed by atoms with Gasteiger partial charge in [-0.05, 0) is 129 Å². The molecule has 0 spiro atoms.